The van der Waals surface area contributed by atoms with Crippen molar-refractivity contribution in [1.29, 1.82) is 0 Å². The van der Waals surface area contributed by atoms with Crippen LogP contribution in [0, 0.1) is 0 Å². The van der Waals surface area contributed by atoms with Gasteiger partial charge in [0.2, 0.25) is 4.80 Å². The molecule has 0 aliphatic rings. The number of hydrogen-bond donors (Lipinski definition) is 0. The first kappa shape index (κ1) is 15.0. The molecule has 4 nitrogen and oxygen atoms in total. The van der Waals surface area contributed by atoms with Crippen LogP contribution in [0.3, 0.4) is 0 Å². The fraction of sp³-hybridized carbons (Fsp3) is 0.125. The molecule has 22 heavy (non-hydrogen) atoms. The van der Waals surface area contributed by atoms with E-state index in [0.29, 0.717) is 6.54 Å². The maximum atomic E-state index is 5.49. The van der Waals surface area contributed by atoms with E-state index in [1.165, 1.54) is 0 Å². The Morgan fingerprint density at radius 1 is 1.32 bits per heavy atom. The predicted octanol–water partition coefficient (Wildman–Crippen LogP) is 4.37. The molecular formula is C16H14BrN3OS. The highest BCUT2D eigenvalue weighted by Gasteiger charge is 2.09. The first-order valence-corrected chi connectivity index (χ1v) is 8.50. The first-order valence-electron chi connectivity index (χ1n) is 6.83. The van der Waals surface area contributed by atoms with Crippen LogP contribution >= 0.6 is 27.3 Å². The second-order valence-corrected chi connectivity index (χ2v) is 6.22. The van der Waals surface area contributed by atoms with Crippen LogP contribution in [0.1, 0.15) is 12.5 Å². The Hall–Kier alpha value is -1.92. The van der Waals surface area contributed by atoms with Gasteiger partial charge in [-0.05, 0) is 36.8 Å². The molecular weight excluding hydrogens is 362 g/mol. The lowest BCUT2D eigenvalue weighted by atomic mass is 10.2. The molecule has 2 heterocycles. The molecule has 0 saturated carbocycles. The number of rotatable bonds is 4. The lowest BCUT2D eigenvalue weighted by molar-refractivity contribution is 0.575. The maximum Gasteiger partial charge on any atom is 0.206 e. The van der Waals surface area contributed by atoms with E-state index in [0.717, 1.165) is 26.3 Å². The van der Waals surface area contributed by atoms with Crippen LogP contribution in [0.4, 0.5) is 0 Å². The smallest absolute Gasteiger partial charge is 0.206 e. The third kappa shape index (κ3) is 3.28. The average Bonchev–Trinajstić information content (AvgIpc) is 3.15. The van der Waals surface area contributed by atoms with Crippen molar-refractivity contribution in [3.05, 3.63) is 62.9 Å². The van der Waals surface area contributed by atoms with Gasteiger partial charge in [0.15, 0.2) is 5.76 Å². The molecule has 112 valence electrons. The van der Waals surface area contributed by atoms with Crippen molar-refractivity contribution >= 4 is 33.5 Å². The standard InChI is InChI=1S/C16H14BrN3OS/c1-2-18-16-20(14(11-22-16)15-7-4-8-21-15)19-10-12-5-3-6-13(17)9-12/h3-11H,2H2,1H3. The fourth-order valence-electron chi connectivity index (χ4n) is 1.96. The van der Waals surface area contributed by atoms with E-state index in [1.807, 2.05) is 59.6 Å². The fourth-order valence-corrected chi connectivity index (χ4v) is 3.26. The maximum absolute atomic E-state index is 5.49. The number of halogens is 1. The van der Waals surface area contributed by atoms with Crippen molar-refractivity contribution in [3.63, 3.8) is 0 Å². The molecule has 0 saturated heterocycles. The predicted molar refractivity (Wildman–Crippen MR) is 93.2 cm³/mol. The Bertz CT molecular complexity index is 846. The van der Waals surface area contributed by atoms with Gasteiger partial charge in [-0.1, -0.05) is 28.1 Å². The van der Waals surface area contributed by atoms with Crippen LogP contribution in [0.15, 0.2) is 67.0 Å². The van der Waals surface area contributed by atoms with Crippen molar-refractivity contribution in [2.45, 2.75) is 6.92 Å². The summed E-state index contributed by atoms with van der Waals surface area (Å²) in [6, 6.07) is 11.8. The number of nitrogens with zero attached hydrogens (tertiary/aromatic N) is 3. The largest absolute Gasteiger partial charge is 0.463 e. The minimum Gasteiger partial charge on any atom is -0.463 e. The molecule has 6 heteroatoms. The van der Waals surface area contributed by atoms with E-state index in [9.17, 15) is 0 Å². The van der Waals surface area contributed by atoms with Crippen molar-refractivity contribution in [3.8, 4) is 11.5 Å². The van der Waals surface area contributed by atoms with Gasteiger partial charge in [0, 0.05) is 16.4 Å². The number of hydrogen-bond acceptors (Lipinski definition) is 4. The first-order chi connectivity index (χ1) is 10.8. The molecule has 0 fully saturated rings. The molecule has 0 unspecified atom stereocenters. The molecule has 2 aromatic heterocycles. The van der Waals surface area contributed by atoms with Crippen LogP contribution in [0.2, 0.25) is 0 Å². The monoisotopic (exact) mass is 375 g/mol. The van der Waals surface area contributed by atoms with Crippen molar-refractivity contribution in [1.82, 2.24) is 4.68 Å². The molecule has 1 aromatic carbocycles. The van der Waals surface area contributed by atoms with Gasteiger partial charge in [0.1, 0.15) is 5.69 Å². The molecule has 0 amide bonds. The number of aromatic nitrogens is 1. The second-order valence-electron chi connectivity index (χ2n) is 4.47. The summed E-state index contributed by atoms with van der Waals surface area (Å²) >= 11 is 5.02. The lowest BCUT2D eigenvalue weighted by Gasteiger charge is -2.00. The van der Waals surface area contributed by atoms with Gasteiger partial charge in [-0.3, -0.25) is 4.99 Å². The van der Waals surface area contributed by atoms with Crippen LogP contribution < -0.4 is 4.80 Å². The third-order valence-corrected chi connectivity index (χ3v) is 4.27. The highest BCUT2D eigenvalue weighted by atomic mass is 79.9. The minimum absolute atomic E-state index is 0.713. The van der Waals surface area contributed by atoms with Gasteiger partial charge in [0.05, 0.1) is 12.5 Å². The molecule has 0 bridgehead atoms. The van der Waals surface area contributed by atoms with Crippen molar-refractivity contribution in [2.24, 2.45) is 10.1 Å². The van der Waals surface area contributed by atoms with Gasteiger partial charge in [0.25, 0.3) is 0 Å². The Morgan fingerprint density at radius 3 is 2.95 bits per heavy atom. The molecule has 0 N–H and O–H groups in total. The number of furan rings is 1. The van der Waals surface area contributed by atoms with Crippen LogP contribution in [-0.2, 0) is 0 Å². The van der Waals surface area contributed by atoms with Crippen LogP contribution in [0.25, 0.3) is 11.5 Å². The number of benzene rings is 1. The topological polar surface area (TPSA) is 42.8 Å². The summed E-state index contributed by atoms with van der Waals surface area (Å²) in [4.78, 5) is 5.33. The van der Waals surface area contributed by atoms with E-state index in [4.69, 9.17) is 4.42 Å². The quantitative estimate of drug-likeness (QED) is 0.624. The molecule has 3 aromatic rings. The third-order valence-electron chi connectivity index (χ3n) is 2.92. The average molecular weight is 376 g/mol. The van der Waals surface area contributed by atoms with E-state index >= 15 is 0 Å². The molecule has 3 rings (SSSR count). The molecule has 0 spiro atoms. The van der Waals surface area contributed by atoms with Crippen LogP contribution in [0.5, 0.6) is 0 Å². The van der Waals surface area contributed by atoms with Gasteiger partial charge in [-0.25, -0.2) is 4.68 Å². The van der Waals surface area contributed by atoms with Gasteiger partial charge in [-0.2, -0.15) is 5.10 Å². The summed E-state index contributed by atoms with van der Waals surface area (Å²) in [6.07, 6.45) is 3.48. The zero-order chi connectivity index (χ0) is 15.4. The minimum atomic E-state index is 0.713. The second kappa shape index (κ2) is 6.89. The Morgan fingerprint density at radius 2 is 2.23 bits per heavy atom. The zero-order valence-electron chi connectivity index (χ0n) is 11.9. The highest BCUT2D eigenvalue weighted by molar-refractivity contribution is 9.10. The van der Waals surface area contributed by atoms with E-state index in [1.54, 1.807) is 17.6 Å². The molecule has 0 atom stereocenters. The summed E-state index contributed by atoms with van der Waals surface area (Å²) < 4.78 is 8.32. The van der Waals surface area contributed by atoms with Gasteiger partial charge < -0.3 is 4.42 Å². The van der Waals surface area contributed by atoms with Crippen LogP contribution in [-0.4, -0.2) is 17.4 Å². The summed E-state index contributed by atoms with van der Waals surface area (Å²) in [7, 11) is 0. The van der Waals surface area contributed by atoms with Crippen molar-refractivity contribution < 1.29 is 4.42 Å². The van der Waals surface area contributed by atoms with E-state index in [2.05, 4.69) is 26.0 Å². The van der Waals surface area contributed by atoms with Crippen molar-refractivity contribution in [2.75, 3.05) is 6.54 Å². The Labute approximate surface area is 140 Å². The van der Waals surface area contributed by atoms with E-state index in [-0.39, 0.29) is 0 Å². The summed E-state index contributed by atoms with van der Waals surface area (Å²) in [5.41, 5.74) is 1.91. The zero-order valence-corrected chi connectivity index (χ0v) is 14.3. The molecule has 0 aliphatic heterocycles. The summed E-state index contributed by atoms with van der Waals surface area (Å²) in [5.74, 6) is 0.778. The lowest BCUT2D eigenvalue weighted by Crippen LogP contribution is -2.12. The Balaban J connectivity index is 2.05. The number of thiazole rings is 1. The Kier molecular flexibility index (Phi) is 4.70. The molecule has 0 aliphatic carbocycles. The van der Waals surface area contributed by atoms with E-state index < -0.39 is 0 Å². The molecule has 0 radical (unpaired) electrons. The highest BCUT2D eigenvalue weighted by Crippen LogP contribution is 2.20. The summed E-state index contributed by atoms with van der Waals surface area (Å²) in [6.45, 7) is 2.72. The SMILES string of the molecule is CCN=c1scc(-c2ccco2)n1N=Cc1cccc(Br)c1. The normalized spacial score (nSPS) is 12.4. The summed E-state index contributed by atoms with van der Waals surface area (Å²) in [5, 5.41) is 6.59. The van der Waals surface area contributed by atoms with Gasteiger partial charge in [-0.15, -0.1) is 11.3 Å². The van der Waals surface area contributed by atoms with Gasteiger partial charge >= 0.3 is 0 Å².